The summed E-state index contributed by atoms with van der Waals surface area (Å²) in [6.07, 6.45) is 6.13. The number of hydrogen-bond acceptors (Lipinski definition) is 2. The molecule has 1 aliphatic rings. The molecule has 1 aromatic carbocycles. The Morgan fingerprint density at radius 2 is 2.00 bits per heavy atom. The summed E-state index contributed by atoms with van der Waals surface area (Å²) in [7, 11) is 0. The van der Waals surface area contributed by atoms with Crippen LogP contribution in [-0.2, 0) is 11.2 Å². The molecule has 0 spiro atoms. The average molecular weight is 233 g/mol. The topological polar surface area (TPSA) is 63.3 Å². The predicted molar refractivity (Wildman–Crippen MR) is 66.8 cm³/mol. The molecule has 0 aromatic heterocycles. The largest absolute Gasteiger partial charge is 0.507 e. The van der Waals surface area contributed by atoms with Crippen molar-refractivity contribution < 1.29 is 9.90 Å². The summed E-state index contributed by atoms with van der Waals surface area (Å²) in [6.45, 7) is 0. The molecule has 17 heavy (non-hydrogen) atoms. The Bertz CT molecular complexity index is 409. The minimum absolute atomic E-state index is 0.117. The minimum atomic E-state index is -0.402. The van der Waals surface area contributed by atoms with Crippen molar-refractivity contribution in [1.29, 1.82) is 0 Å². The third-order valence-electron chi connectivity index (χ3n) is 3.56. The maximum Gasteiger partial charge on any atom is 0.221 e. The number of phenolic OH excluding ortho intramolecular Hbond substituents is 1. The normalized spacial score (nSPS) is 16.9. The van der Waals surface area contributed by atoms with Crippen molar-refractivity contribution in [2.24, 2.45) is 5.73 Å². The lowest BCUT2D eigenvalue weighted by Gasteiger charge is -2.23. The zero-order valence-corrected chi connectivity index (χ0v) is 9.98. The van der Waals surface area contributed by atoms with Crippen LogP contribution in [0.4, 0.5) is 0 Å². The molecule has 0 aliphatic heterocycles. The van der Waals surface area contributed by atoms with Crippen LogP contribution in [0.5, 0.6) is 5.75 Å². The number of carbonyl (C=O) groups is 1. The lowest BCUT2D eigenvalue weighted by atomic mass is 9.83. The Labute approximate surface area is 102 Å². The standard InChI is InChI=1S/C14H19NO2/c15-13(16)9-11-7-4-8-12(14(11)17)10-5-2-1-3-6-10/h4,7-8,10,17H,1-3,5-6,9H2,(H2,15,16). The van der Waals surface area contributed by atoms with E-state index in [-0.39, 0.29) is 12.2 Å². The molecule has 1 aliphatic carbocycles. The summed E-state index contributed by atoms with van der Waals surface area (Å²) < 4.78 is 0. The predicted octanol–water partition coefficient (Wildman–Crippen LogP) is 2.47. The maximum absolute atomic E-state index is 10.9. The quantitative estimate of drug-likeness (QED) is 0.842. The van der Waals surface area contributed by atoms with Crippen molar-refractivity contribution >= 4 is 5.91 Å². The van der Waals surface area contributed by atoms with Gasteiger partial charge in [0, 0.05) is 5.56 Å². The van der Waals surface area contributed by atoms with Crippen molar-refractivity contribution in [3.05, 3.63) is 29.3 Å². The van der Waals surface area contributed by atoms with Gasteiger partial charge in [0.1, 0.15) is 5.75 Å². The number of hydrogen-bond donors (Lipinski definition) is 2. The molecule has 1 saturated carbocycles. The second-order valence-electron chi connectivity index (χ2n) is 4.83. The SMILES string of the molecule is NC(=O)Cc1cccc(C2CCCCC2)c1O. The Hall–Kier alpha value is -1.51. The van der Waals surface area contributed by atoms with Gasteiger partial charge in [-0.15, -0.1) is 0 Å². The van der Waals surface area contributed by atoms with Gasteiger partial charge in [0.2, 0.25) is 5.91 Å². The molecule has 0 heterocycles. The highest BCUT2D eigenvalue weighted by Gasteiger charge is 2.20. The van der Waals surface area contributed by atoms with E-state index < -0.39 is 5.91 Å². The molecule has 3 N–H and O–H groups in total. The van der Waals surface area contributed by atoms with Crippen LogP contribution in [0.2, 0.25) is 0 Å². The summed E-state index contributed by atoms with van der Waals surface area (Å²) in [4.78, 5) is 10.9. The first kappa shape index (κ1) is 12.0. The maximum atomic E-state index is 10.9. The number of carbonyl (C=O) groups excluding carboxylic acids is 1. The lowest BCUT2D eigenvalue weighted by molar-refractivity contribution is -0.117. The van der Waals surface area contributed by atoms with E-state index in [1.165, 1.54) is 19.3 Å². The minimum Gasteiger partial charge on any atom is -0.507 e. The summed E-state index contributed by atoms with van der Waals surface area (Å²) in [5, 5.41) is 10.2. The van der Waals surface area contributed by atoms with Crippen molar-refractivity contribution in [2.45, 2.75) is 44.4 Å². The van der Waals surface area contributed by atoms with Gasteiger partial charge in [0.15, 0.2) is 0 Å². The molecule has 3 heteroatoms. The van der Waals surface area contributed by atoms with Crippen LogP contribution in [0, 0.1) is 0 Å². The van der Waals surface area contributed by atoms with Gasteiger partial charge in [-0.25, -0.2) is 0 Å². The molecule has 2 rings (SSSR count). The van der Waals surface area contributed by atoms with Gasteiger partial charge in [0.05, 0.1) is 6.42 Å². The lowest BCUT2D eigenvalue weighted by Crippen LogP contribution is -2.14. The van der Waals surface area contributed by atoms with Gasteiger partial charge >= 0.3 is 0 Å². The molecule has 1 aromatic rings. The highest BCUT2D eigenvalue weighted by Crippen LogP contribution is 2.38. The Kier molecular flexibility index (Phi) is 3.67. The Balaban J connectivity index is 2.24. The number of nitrogens with two attached hydrogens (primary N) is 1. The van der Waals surface area contributed by atoms with Crippen molar-refractivity contribution in [1.82, 2.24) is 0 Å². The summed E-state index contributed by atoms with van der Waals surface area (Å²) in [5.41, 5.74) is 6.81. The van der Waals surface area contributed by atoms with Crippen LogP contribution in [0.15, 0.2) is 18.2 Å². The van der Waals surface area contributed by atoms with E-state index in [2.05, 4.69) is 0 Å². The third-order valence-corrected chi connectivity index (χ3v) is 3.56. The van der Waals surface area contributed by atoms with Crippen molar-refractivity contribution in [2.75, 3.05) is 0 Å². The number of phenols is 1. The van der Waals surface area contributed by atoms with Gasteiger partial charge in [0.25, 0.3) is 0 Å². The van der Waals surface area contributed by atoms with Crippen LogP contribution in [-0.4, -0.2) is 11.0 Å². The number of benzene rings is 1. The smallest absolute Gasteiger partial charge is 0.221 e. The number of primary amides is 1. The van der Waals surface area contributed by atoms with Crippen LogP contribution in [0.25, 0.3) is 0 Å². The molecule has 92 valence electrons. The van der Waals surface area contributed by atoms with E-state index in [9.17, 15) is 9.90 Å². The highest BCUT2D eigenvalue weighted by molar-refractivity contribution is 5.77. The molecule has 0 bridgehead atoms. The number of aromatic hydroxyl groups is 1. The first-order valence-corrected chi connectivity index (χ1v) is 6.27. The van der Waals surface area contributed by atoms with Gasteiger partial charge in [-0.05, 0) is 24.3 Å². The summed E-state index contributed by atoms with van der Waals surface area (Å²) in [6, 6.07) is 5.64. The monoisotopic (exact) mass is 233 g/mol. The molecule has 0 saturated heterocycles. The van der Waals surface area contributed by atoms with E-state index >= 15 is 0 Å². The zero-order valence-electron chi connectivity index (χ0n) is 9.98. The van der Waals surface area contributed by atoms with E-state index in [1.807, 2.05) is 12.1 Å². The Morgan fingerprint density at radius 1 is 1.29 bits per heavy atom. The number of rotatable bonds is 3. The van der Waals surface area contributed by atoms with Gasteiger partial charge in [-0.1, -0.05) is 37.5 Å². The van der Waals surface area contributed by atoms with Gasteiger partial charge in [-0.3, -0.25) is 4.79 Å². The molecule has 1 amide bonds. The van der Waals surface area contributed by atoms with E-state index in [4.69, 9.17) is 5.73 Å². The van der Waals surface area contributed by atoms with E-state index in [1.54, 1.807) is 6.07 Å². The molecular formula is C14H19NO2. The van der Waals surface area contributed by atoms with Gasteiger partial charge in [-0.2, -0.15) is 0 Å². The molecule has 1 fully saturated rings. The molecule has 0 atom stereocenters. The number of amides is 1. The van der Waals surface area contributed by atoms with Crippen molar-refractivity contribution in [3.8, 4) is 5.75 Å². The first-order valence-electron chi connectivity index (χ1n) is 6.27. The third kappa shape index (κ3) is 2.78. The summed E-state index contributed by atoms with van der Waals surface area (Å²) in [5.74, 6) is 0.316. The number of para-hydroxylation sites is 1. The van der Waals surface area contributed by atoms with Gasteiger partial charge < -0.3 is 10.8 Å². The van der Waals surface area contributed by atoms with E-state index in [0.29, 0.717) is 11.5 Å². The fourth-order valence-electron chi connectivity index (χ4n) is 2.68. The van der Waals surface area contributed by atoms with Crippen LogP contribution < -0.4 is 5.73 Å². The van der Waals surface area contributed by atoms with Crippen molar-refractivity contribution in [3.63, 3.8) is 0 Å². The molecule has 0 radical (unpaired) electrons. The van der Waals surface area contributed by atoms with E-state index in [0.717, 1.165) is 18.4 Å². The van der Waals surface area contributed by atoms with Crippen LogP contribution in [0.1, 0.15) is 49.1 Å². The van der Waals surface area contributed by atoms with Crippen LogP contribution in [0.3, 0.4) is 0 Å². The molecule has 0 unspecified atom stereocenters. The highest BCUT2D eigenvalue weighted by atomic mass is 16.3. The second kappa shape index (κ2) is 5.21. The fourth-order valence-corrected chi connectivity index (χ4v) is 2.68. The summed E-state index contributed by atoms with van der Waals surface area (Å²) >= 11 is 0. The first-order chi connectivity index (χ1) is 8.18. The average Bonchev–Trinajstić information content (AvgIpc) is 2.32. The Morgan fingerprint density at radius 3 is 2.65 bits per heavy atom. The second-order valence-corrected chi connectivity index (χ2v) is 4.83. The zero-order chi connectivity index (χ0) is 12.3. The van der Waals surface area contributed by atoms with Crippen LogP contribution >= 0.6 is 0 Å². The molecule has 3 nitrogen and oxygen atoms in total. The molecular weight excluding hydrogens is 214 g/mol. The fraction of sp³-hybridized carbons (Fsp3) is 0.500.